The number of aromatic nitrogens is 2. The number of aromatic amines is 1. The van der Waals surface area contributed by atoms with E-state index in [1.807, 2.05) is 4.90 Å². The zero-order chi connectivity index (χ0) is 18.3. The van der Waals surface area contributed by atoms with Crippen LogP contribution in [0.3, 0.4) is 0 Å². The van der Waals surface area contributed by atoms with Crippen LogP contribution in [0.25, 0.3) is 0 Å². The summed E-state index contributed by atoms with van der Waals surface area (Å²) in [7, 11) is 4.25. The molecule has 1 aromatic rings. The first-order valence-corrected chi connectivity index (χ1v) is 9.63. The molecule has 7 nitrogen and oxygen atoms in total. The average Bonchev–Trinajstić information content (AvgIpc) is 3.36. The SMILES string of the molecule is CN(C)[C@@H]1C[C@@H]2CN(C(=O)c3c[nH]c(=O)cn3)C[C@@H]2C[C@H]1OCC1CC1. The second-order valence-corrected chi connectivity index (χ2v) is 8.34. The fraction of sp³-hybridized carbons (Fsp3) is 0.737. The van der Waals surface area contributed by atoms with E-state index >= 15 is 0 Å². The van der Waals surface area contributed by atoms with Crippen LogP contribution < -0.4 is 5.56 Å². The molecule has 3 fully saturated rings. The quantitative estimate of drug-likeness (QED) is 0.847. The first-order chi connectivity index (χ1) is 12.5. The normalized spacial score (nSPS) is 31.3. The Kier molecular flexibility index (Phi) is 4.84. The predicted molar refractivity (Wildman–Crippen MR) is 96.9 cm³/mol. The maximum atomic E-state index is 12.7. The number of H-pyrrole nitrogens is 1. The number of hydrogen-bond acceptors (Lipinski definition) is 5. The molecule has 7 heteroatoms. The molecule has 0 aromatic carbocycles. The van der Waals surface area contributed by atoms with E-state index in [1.54, 1.807) is 0 Å². The predicted octanol–water partition coefficient (Wildman–Crippen LogP) is 0.977. The molecule has 2 aliphatic carbocycles. The Hall–Kier alpha value is -1.73. The van der Waals surface area contributed by atoms with E-state index in [0.717, 1.165) is 38.5 Å². The van der Waals surface area contributed by atoms with E-state index in [1.165, 1.54) is 25.2 Å². The molecule has 26 heavy (non-hydrogen) atoms. The van der Waals surface area contributed by atoms with Crippen LogP contribution in [0.5, 0.6) is 0 Å². The molecule has 1 N–H and O–H groups in total. The van der Waals surface area contributed by atoms with Crippen LogP contribution in [0.2, 0.25) is 0 Å². The summed E-state index contributed by atoms with van der Waals surface area (Å²) in [6.07, 6.45) is 7.53. The summed E-state index contributed by atoms with van der Waals surface area (Å²) in [6.45, 7) is 2.41. The molecule has 1 saturated heterocycles. The van der Waals surface area contributed by atoms with Gasteiger partial charge in [-0.15, -0.1) is 0 Å². The van der Waals surface area contributed by atoms with Crippen LogP contribution in [0.15, 0.2) is 17.2 Å². The lowest BCUT2D eigenvalue weighted by atomic mass is 9.77. The standard InChI is InChI=1S/C19H28N4O3/c1-22(2)16-5-13-9-23(19(25)15-7-21-18(24)8-20-15)10-14(13)6-17(16)26-11-12-3-4-12/h7-8,12-14,16-17H,3-6,9-11H2,1-2H3,(H,21,24)/t13-,14+,16-,17-/m1/s1. The highest BCUT2D eigenvalue weighted by Crippen LogP contribution is 2.40. The number of carbonyl (C=O) groups is 1. The molecule has 0 radical (unpaired) electrons. The highest BCUT2D eigenvalue weighted by atomic mass is 16.5. The van der Waals surface area contributed by atoms with Gasteiger partial charge in [-0.2, -0.15) is 0 Å². The maximum Gasteiger partial charge on any atom is 0.273 e. The van der Waals surface area contributed by atoms with Gasteiger partial charge in [-0.25, -0.2) is 4.98 Å². The lowest BCUT2D eigenvalue weighted by Gasteiger charge is -2.41. The Morgan fingerprint density at radius 3 is 2.65 bits per heavy atom. The number of likely N-dealkylation sites (tertiary alicyclic amines) is 1. The number of ether oxygens (including phenoxy) is 1. The highest BCUT2D eigenvalue weighted by Gasteiger charge is 2.45. The lowest BCUT2D eigenvalue weighted by Crippen LogP contribution is -2.48. The first-order valence-electron chi connectivity index (χ1n) is 9.63. The van der Waals surface area contributed by atoms with E-state index in [0.29, 0.717) is 23.6 Å². The van der Waals surface area contributed by atoms with Crippen molar-refractivity contribution >= 4 is 5.91 Å². The fourth-order valence-corrected chi connectivity index (χ4v) is 4.44. The van der Waals surface area contributed by atoms with Gasteiger partial charge in [-0.1, -0.05) is 0 Å². The number of likely N-dealkylation sites (N-methyl/N-ethyl adjacent to an activating group) is 1. The van der Waals surface area contributed by atoms with Crippen LogP contribution in [-0.2, 0) is 4.74 Å². The highest BCUT2D eigenvalue weighted by molar-refractivity contribution is 5.92. The Morgan fingerprint density at radius 2 is 2.04 bits per heavy atom. The van der Waals surface area contributed by atoms with Gasteiger partial charge in [0, 0.05) is 31.9 Å². The molecular formula is C19H28N4O3. The molecule has 4 rings (SSSR count). The molecule has 0 spiro atoms. The van der Waals surface area contributed by atoms with Gasteiger partial charge in [0.1, 0.15) is 5.69 Å². The van der Waals surface area contributed by atoms with Crippen molar-refractivity contribution in [2.75, 3.05) is 33.8 Å². The Balaban J connectivity index is 1.42. The van der Waals surface area contributed by atoms with Gasteiger partial charge in [0.25, 0.3) is 11.5 Å². The molecule has 142 valence electrons. The van der Waals surface area contributed by atoms with Gasteiger partial charge in [-0.05, 0) is 57.5 Å². The van der Waals surface area contributed by atoms with Gasteiger partial charge in [-0.3, -0.25) is 9.59 Å². The number of carbonyl (C=O) groups excluding carboxylic acids is 1. The third-order valence-electron chi connectivity index (χ3n) is 6.17. The Bertz CT molecular complexity index is 694. The first kappa shape index (κ1) is 17.7. The number of nitrogens with zero attached hydrogens (tertiary/aromatic N) is 3. The third-order valence-corrected chi connectivity index (χ3v) is 6.17. The van der Waals surface area contributed by atoms with Crippen molar-refractivity contribution in [3.05, 3.63) is 28.4 Å². The van der Waals surface area contributed by atoms with Crippen molar-refractivity contribution in [3.8, 4) is 0 Å². The zero-order valence-corrected chi connectivity index (χ0v) is 15.6. The monoisotopic (exact) mass is 360 g/mol. The molecule has 0 unspecified atom stereocenters. The van der Waals surface area contributed by atoms with E-state index in [2.05, 4.69) is 29.0 Å². The Morgan fingerprint density at radius 1 is 1.31 bits per heavy atom. The summed E-state index contributed by atoms with van der Waals surface area (Å²) in [5, 5.41) is 0. The number of amides is 1. The third kappa shape index (κ3) is 3.69. The second-order valence-electron chi connectivity index (χ2n) is 8.34. The van der Waals surface area contributed by atoms with E-state index < -0.39 is 0 Å². The number of nitrogens with one attached hydrogen (secondary N) is 1. The van der Waals surface area contributed by atoms with Crippen LogP contribution in [0.1, 0.15) is 36.2 Å². The fourth-order valence-electron chi connectivity index (χ4n) is 4.44. The summed E-state index contributed by atoms with van der Waals surface area (Å²) in [4.78, 5) is 34.6. The van der Waals surface area contributed by atoms with Gasteiger partial charge in [0.2, 0.25) is 0 Å². The van der Waals surface area contributed by atoms with Crippen LogP contribution in [0, 0.1) is 17.8 Å². The molecule has 2 saturated carbocycles. The molecular weight excluding hydrogens is 332 g/mol. The number of rotatable bonds is 5. The van der Waals surface area contributed by atoms with Crippen molar-refractivity contribution in [3.63, 3.8) is 0 Å². The second kappa shape index (κ2) is 7.12. The topological polar surface area (TPSA) is 78.5 Å². The molecule has 4 atom stereocenters. The maximum absolute atomic E-state index is 12.7. The smallest absolute Gasteiger partial charge is 0.273 e. The summed E-state index contributed by atoms with van der Waals surface area (Å²) < 4.78 is 6.29. The van der Waals surface area contributed by atoms with Crippen molar-refractivity contribution in [1.29, 1.82) is 0 Å². The van der Waals surface area contributed by atoms with Crippen LogP contribution in [-0.4, -0.2) is 71.6 Å². The largest absolute Gasteiger partial charge is 0.376 e. The van der Waals surface area contributed by atoms with Gasteiger partial charge < -0.3 is 19.5 Å². The van der Waals surface area contributed by atoms with Gasteiger partial charge in [0.05, 0.1) is 12.3 Å². The molecule has 1 aliphatic heterocycles. The molecule has 0 bridgehead atoms. The van der Waals surface area contributed by atoms with Crippen molar-refractivity contribution in [1.82, 2.24) is 19.8 Å². The molecule has 3 aliphatic rings. The van der Waals surface area contributed by atoms with Crippen molar-refractivity contribution < 1.29 is 9.53 Å². The summed E-state index contributed by atoms with van der Waals surface area (Å²) in [5.74, 6) is 1.67. The van der Waals surface area contributed by atoms with Gasteiger partial charge >= 0.3 is 0 Å². The lowest BCUT2D eigenvalue weighted by molar-refractivity contribution is -0.0493. The Labute approximate surface area is 153 Å². The van der Waals surface area contributed by atoms with Crippen molar-refractivity contribution in [2.45, 2.75) is 37.8 Å². The summed E-state index contributed by atoms with van der Waals surface area (Å²) in [5.41, 5.74) is 0.0232. The minimum absolute atomic E-state index is 0.0903. The minimum Gasteiger partial charge on any atom is -0.376 e. The zero-order valence-electron chi connectivity index (χ0n) is 15.6. The average molecular weight is 360 g/mol. The van der Waals surface area contributed by atoms with E-state index in [9.17, 15) is 9.59 Å². The summed E-state index contributed by atoms with van der Waals surface area (Å²) >= 11 is 0. The van der Waals surface area contributed by atoms with E-state index in [-0.39, 0.29) is 17.6 Å². The molecule has 2 heterocycles. The van der Waals surface area contributed by atoms with E-state index in [4.69, 9.17) is 4.74 Å². The summed E-state index contributed by atoms with van der Waals surface area (Å²) in [6, 6.07) is 0.413. The number of hydrogen-bond donors (Lipinski definition) is 1. The van der Waals surface area contributed by atoms with Crippen molar-refractivity contribution in [2.24, 2.45) is 17.8 Å². The minimum atomic E-state index is -0.291. The van der Waals surface area contributed by atoms with Crippen LogP contribution >= 0.6 is 0 Å². The van der Waals surface area contributed by atoms with Gasteiger partial charge in [0.15, 0.2) is 0 Å². The number of fused-ring (bicyclic) bond motifs is 1. The van der Waals surface area contributed by atoms with Crippen LogP contribution in [0.4, 0.5) is 0 Å². The molecule has 1 amide bonds. The molecule has 1 aromatic heterocycles.